The van der Waals surface area contributed by atoms with Crippen LogP contribution in [0.2, 0.25) is 5.15 Å². The number of hydrogen-bond donors (Lipinski definition) is 2. The molecule has 6 heteroatoms. The molecule has 1 aromatic rings. The number of nitrogens with zero attached hydrogens (tertiary/aromatic N) is 2. The van der Waals surface area contributed by atoms with Gasteiger partial charge >= 0.3 is 0 Å². The van der Waals surface area contributed by atoms with E-state index in [-0.39, 0.29) is 17.8 Å². The Labute approximate surface area is 93.0 Å². The fourth-order valence-electron chi connectivity index (χ4n) is 1.01. The largest absolute Gasteiger partial charge is 0.330 e. The molecule has 1 unspecified atom stereocenters. The van der Waals surface area contributed by atoms with Gasteiger partial charge in [0.15, 0.2) is 0 Å². The zero-order chi connectivity index (χ0) is 11.3. The molecule has 0 saturated heterocycles. The van der Waals surface area contributed by atoms with Gasteiger partial charge < -0.3 is 5.73 Å². The SMILES string of the molecule is CC(CCN)C(=O)Nc1nccc(Cl)n1. The van der Waals surface area contributed by atoms with Gasteiger partial charge in [0.05, 0.1) is 0 Å². The second-order valence-corrected chi connectivity index (χ2v) is 3.56. The van der Waals surface area contributed by atoms with E-state index in [1.807, 2.05) is 0 Å². The smallest absolute Gasteiger partial charge is 0.230 e. The molecular weight excluding hydrogens is 216 g/mol. The molecule has 0 aliphatic rings. The van der Waals surface area contributed by atoms with E-state index in [1.165, 1.54) is 6.20 Å². The van der Waals surface area contributed by atoms with E-state index in [0.29, 0.717) is 18.1 Å². The Morgan fingerprint density at radius 3 is 3.07 bits per heavy atom. The maximum atomic E-state index is 11.5. The summed E-state index contributed by atoms with van der Waals surface area (Å²) >= 11 is 5.65. The number of carbonyl (C=O) groups excluding carboxylic acids is 1. The van der Waals surface area contributed by atoms with Crippen LogP contribution < -0.4 is 11.1 Å². The lowest BCUT2D eigenvalue weighted by atomic mass is 10.1. The Hall–Kier alpha value is -1.20. The molecule has 82 valence electrons. The third-order valence-electron chi connectivity index (χ3n) is 1.90. The van der Waals surface area contributed by atoms with Crippen LogP contribution in [0.5, 0.6) is 0 Å². The fourth-order valence-corrected chi connectivity index (χ4v) is 1.15. The summed E-state index contributed by atoms with van der Waals surface area (Å²) < 4.78 is 0. The number of aromatic nitrogens is 2. The normalized spacial score (nSPS) is 12.2. The zero-order valence-electron chi connectivity index (χ0n) is 8.40. The first kappa shape index (κ1) is 11.9. The van der Waals surface area contributed by atoms with Crippen molar-refractivity contribution in [2.75, 3.05) is 11.9 Å². The number of hydrogen-bond acceptors (Lipinski definition) is 4. The highest BCUT2D eigenvalue weighted by Crippen LogP contribution is 2.08. The summed E-state index contributed by atoms with van der Waals surface area (Å²) in [5.41, 5.74) is 5.35. The van der Waals surface area contributed by atoms with Gasteiger partial charge in [-0.15, -0.1) is 0 Å². The number of carbonyl (C=O) groups is 1. The van der Waals surface area contributed by atoms with Crippen LogP contribution in [0.25, 0.3) is 0 Å². The van der Waals surface area contributed by atoms with E-state index < -0.39 is 0 Å². The summed E-state index contributed by atoms with van der Waals surface area (Å²) in [7, 11) is 0. The van der Waals surface area contributed by atoms with E-state index in [9.17, 15) is 4.79 Å². The van der Waals surface area contributed by atoms with E-state index in [1.54, 1.807) is 13.0 Å². The molecule has 1 atom stereocenters. The van der Waals surface area contributed by atoms with E-state index in [2.05, 4.69) is 15.3 Å². The molecule has 1 rings (SSSR count). The Kier molecular flexibility index (Phi) is 4.45. The Balaban J connectivity index is 2.58. The summed E-state index contributed by atoms with van der Waals surface area (Å²) in [5.74, 6) is -0.0864. The number of nitrogens with one attached hydrogen (secondary N) is 1. The molecule has 0 saturated carbocycles. The van der Waals surface area contributed by atoms with Gasteiger partial charge in [-0.2, -0.15) is 0 Å². The van der Waals surface area contributed by atoms with E-state index >= 15 is 0 Å². The van der Waals surface area contributed by atoms with Crippen molar-refractivity contribution in [3.8, 4) is 0 Å². The maximum absolute atomic E-state index is 11.5. The highest BCUT2D eigenvalue weighted by atomic mass is 35.5. The standard InChI is InChI=1S/C9H13ClN4O/c1-6(2-4-11)8(15)14-9-12-5-3-7(10)13-9/h3,5-6H,2,4,11H2,1H3,(H,12,13,14,15). The van der Waals surface area contributed by atoms with Crippen LogP contribution in [0.15, 0.2) is 12.3 Å². The quantitative estimate of drug-likeness (QED) is 0.755. The summed E-state index contributed by atoms with van der Waals surface area (Å²) in [5, 5.41) is 2.86. The van der Waals surface area contributed by atoms with Gasteiger partial charge in [0.25, 0.3) is 0 Å². The molecule has 15 heavy (non-hydrogen) atoms. The monoisotopic (exact) mass is 228 g/mol. The Morgan fingerprint density at radius 2 is 2.47 bits per heavy atom. The highest BCUT2D eigenvalue weighted by molar-refractivity contribution is 6.29. The minimum Gasteiger partial charge on any atom is -0.330 e. The van der Waals surface area contributed by atoms with Crippen molar-refractivity contribution < 1.29 is 4.79 Å². The molecule has 3 N–H and O–H groups in total. The topological polar surface area (TPSA) is 80.9 Å². The van der Waals surface area contributed by atoms with Crippen molar-refractivity contribution in [2.24, 2.45) is 11.7 Å². The summed E-state index contributed by atoms with van der Waals surface area (Å²) in [6.07, 6.45) is 2.12. The molecular formula is C9H13ClN4O. The lowest BCUT2D eigenvalue weighted by molar-refractivity contribution is -0.119. The summed E-state index contributed by atoms with van der Waals surface area (Å²) in [6, 6.07) is 1.54. The van der Waals surface area contributed by atoms with Crippen LogP contribution in [0.1, 0.15) is 13.3 Å². The molecule has 1 heterocycles. The molecule has 1 amide bonds. The Morgan fingerprint density at radius 1 is 1.73 bits per heavy atom. The molecule has 0 aliphatic carbocycles. The number of rotatable bonds is 4. The molecule has 0 bridgehead atoms. The van der Waals surface area contributed by atoms with Gasteiger partial charge in [0.2, 0.25) is 11.9 Å². The van der Waals surface area contributed by atoms with Crippen molar-refractivity contribution in [1.82, 2.24) is 9.97 Å². The highest BCUT2D eigenvalue weighted by Gasteiger charge is 2.12. The van der Waals surface area contributed by atoms with Gasteiger partial charge in [-0.05, 0) is 19.0 Å². The van der Waals surface area contributed by atoms with Crippen molar-refractivity contribution in [3.63, 3.8) is 0 Å². The average Bonchev–Trinajstić information content (AvgIpc) is 2.18. The first-order valence-corrected chi connectivity index (χ1v) is 5.00. The van der Waals surface area contributed by atoms with Crippen molar-refractivity contribution in [1.29, 1.82) is 0 Å². The number of nitrogens with two attached hydrogens (primary N) is 1. The van der Waals surface area contributed by atoms with Crippen LogP contribution in [-0.2, 0) is 4.79 Å². The predicted molar refractivity (Wildman–Crippen MR) is 58.5 cm³/mol. The predicted octanol–water partition coefficient (Wildman–Crippen LogP) is 1.05. The van der Waals surface area contributed by atoms with Crippen LogP contribution in [0, 0.1) is 5.92 Å². The Bertz CT molecular complexity index is 345. The number of halogens is 1. The third-order valence-corrected chi connectivity index (χ3v) is 2.11. The lowest BCUT2D eigenvalue weighted by Gasteiger charge is -2.09. The maximum Gasteiger partial charge on any atom is 0.230 e. The first-order valence-electron chi connectivity index (χ1n) is 4.63. The molecule has 0 radical (unpaired) electrons. The van der Waals surface area contributed by atoms with Crippen LogP contribution in [0.4, 0.5) is 5.95 Å². The van der Waals surface area contributed by atoms with Crippen LogP contribution in [0.3, 0.4) is 0 Å². The van der Waals surface area contributed by atoms with Gasteiger partial charge in [0.1, 0.15) is 5.15 Å². The summed E-state index contributed by atoms with van der Waals surface area (Å²) in [6.45, 7) is 2.28. The van der Waals surface area contributed by atoms with Crippen molar-refractivity contribution in [2.45, 2.75) is 13.3 Å². The van der Waals surface area contributed by atoms with Gasteiger partial charge in [-0.1, -0.05) is 18.5 Å². The van der Waals surface area contributed by atoms with Gasteiger partial charge in [-0.3, -0.25) is 10.1 Å². The zero-order valence-corrected chi connectivity index (χ0v) is 9.16. The fraction of sp³-hybridized carbons (Fsp3) is 0.444. The second-order valence-electron chi connectivity index (χ2n) is 3.17. The lowest BCUT2D eigenvalue weighted by Crippen LogP contribution is -2.23. The minimum absolute atomic E-state index is 0.150. The molecule has 0 aliphatic heterocycles. The van der Waals surface area contributed by atoms with E-state index in [4.69, 9.17) is 17.3 Å². The first-order chi connectivity index (χ1) is 7.13. The van der Waals surface area contributed by atoms with Crippen molar-refractivity contribution >= 4 is 23.5 Å². The van der Waals surface area contributed by atoms with Gasteiger partial charge in [0, 0.05) is 12.1 Å². The average molecular weight is 229 g/mol. The molecule has 0 aromatic carbocycles. The molecule has 1 aromatic heterocycles. The minimum atomic E-state index is -0.155. The van der Waals surface area contributed by atoms with Gasteiger partial charge in [-0.25, -0.2) is 9.97 Å². The summed E-state index contributed by atoms with van der Waals surface area (Å²) in [4.78, 5) is 19.2. The van der Waals surface area contributed by atoms with Crippen LogP contribution >= 0.6 is 11.6 Å². The molecule has 0 fully saturated rings. The van der Waals surface area contributed by atoms with E-state index in [0.717, 1.165) is 0 Å². The number of amides is 1. The van der Waals surface area contributed by atoms with Crippen LogP contribution in [-0.4, -0.2) is 22.4 Å². The third kappa shape index (κ3) is 3.81. The number of anilines is 1. The second kappa shape index (κ2) is 5.63. The van der Waals surface area contributed by atoms with Crippen molar-refractivity contribution in [3.05, 3.63) is 17.4 Å². The molecule has 5 nitrogen and oxygen atoms in total. The molecule has 0 spiro atoms.